The number of carbonyl (C=O) groups excluding carboxylic acids is 2. The molecule has 2 unspecified atom stereocenters. The molecule has 0 aromatic rings. The highest BCUT2D eigenvalue weighted by Gasteiger charge is 2.42. The molecule has 8 heteroatoms. The van der Waals surface area contributed by atoms with Gasteiger partial charge in [-0.15, -0.1) is 0 Å². The quantitative estimate of drug-likeness (QED) is 0.660. The van der Waals surface area contributed by atoms with E-state index < -0.39 is 33.1 Å². The van der Waals surface area contributed by atoms with E-state index >= 15 is 0 Å². The van der Waals surface area contributed by atoms with Crippen molar-refractivity contribution in [2.24, 2.45) is 5.92 Å². The first-order valence-corrected chi connectivity index (χ1v) is 8.18. The van der Waals surface area contributed by atoms with Gasteiger partial charge >= 0.3 is 5.97 Å². The second kappa shape index (κ2) is 7.03. The standard InChI is InChI=1S/C12H22N2O5S/c1-8(2)14-11(15)7-13-20(17,18)10-6-4-5-9(10)12(16)19-3/h8-10,13H,4-7H2,1-3H3,(H,14,15). The third-order valence-electron chi connectivity index (χ3n) is 3.24. The molecule has 0 saturated heterocycles. The highest BCUT2D eigenvalue weighted by atomic mass is 32.2. The average molecular weight is 306 g/mol. The van der Waals surface area contributed by atoms with Crippen molar-refractivity contribution in [1.29, 1.82) is 0 Å². The van der Waals surface area contributed by atoms with Gasteiger partial charge in [-0.25, -0.2) is 13.1 Å². The molecule has 1 saturated carbocycles. The predicted molar refractivity (Wildman–Crippen MR) is 73.3 cm³/mol. The van der Waals surface area contributed by atoms with Gasteiger partial charge in [0.15, 0.2) is 0 Å². The number of carbonyl (C=O) groups is 2. The Morgan fingerprint density at radius 3 is 2.50 bits per heavy atom. The summed E-state index contributed by atoms with van der Waals surface area (Å²) in [6.45, 7) is 3.26. The van der Waals surface area contributed by atoms with Gasteiger partial charge in [0.2, 0.25) is 15.9 Å². The summed E-state index contributed by atoms with van der Waals surface area (Å²) in [4.78, 5) is 23.0. The molecule has 0 heterocycles. The van der Waals surface area contributed by atoms with E-state index in [2.05, 4.69) is 14.8 Å². The monoisotopic (exact) mass is 306 g/mol. The number of nitrogens with one attached hydrogen (secondary N) is 2. The lowest BCUT2D eigenvalue weighted by Gasteiger charge is -2.18. The van der Waals surface area contributed by atoms with Crippen LogP contribution in [0.4, 0.5) is 0 Å². The molecule has 0 spiro atoms. The summed E-state index contributed by atoms with van der Waals surface area (Å²) in [6, 6.07) is -0.0543. The second-order valence-corrected chi connectivity index (χ2v) is 7.17. The fourth-order valence-electron chi connectivity index (χ4n) is 2.36. The van der Waals surface area contributed by atoms with Crippen LogP contribution in [0.25, 0.3) is 0 Å². The fraction of sp³-hybridized carbons (Fsp3) is 0.833. The summed E-state index contributed by atoms with van der Waals surface area (Å²) >= 11 is 0. The average Bonchev–Trinajstić information content (AvgIpc) is 2.84. The van der Waals surface area contributed by atoms with E-state index in [0.717, 1.165) is 0 Å². The summed E-state index contributed by atoms with van der Waals surface area (Å²) in [6.07, 6.45) is 1.56. The number of esters is 1. The van der Waals surface area contributed by atoms with Gasteiger partial charge in [-0.2, -0.15) is 0 Å². The first kappa shape index (κ1) is 16.9. The van der Waals surface area contributed by atoms with Crippen LogP contribution in [0.15, 0.2) is 0 Å². The zero-order chi connectivity index (χ0) is 15.3. The Bertz CT molecular complexity index is 460. The summed E-state index contributed by atoms with van der Waals surface area (Å²) < 4.78 is 31.2. The van der Waals surface area contributed by atoms with Crippen molar-refractivity contribution in [3.05, 3.63) is 0 Å². The molecule has 116 valence electrons. The smallest absolute Gasteiger partial charge is 0.310 e. The van der Waals surface area contributed by atoms with Gasteiger partial charge in [0.05, 0.1) is 24.8 Å². The minimum atomic E-state index is -3.71. The highest BCUT2D eigenvalue weighted by molar-refractivity contribution is 7.90. The number of rotatable bonds is 6. The van der Waals surface area contributed by atoms with Crippen LogP contribution in [0.5, 0.6) is 0 Å². The normalized spacial score (nSPS) is 22.8. The lowest BCUT2D eigenvalue weighted by molar-refractivity contribution is -0.145. The molecule has 1 aliphatic carbocycles. The first-order chi connectivity index (χ1) is 9.27. The molecule has 1 rings (SSSR count). The lowest BCUT2D eigenvalue weighted by Crippen LogP contribution is -2.44. The van der Waals surface area contributed by atoms with Crippen molar-refractivity contribution in [2.45, 2.75) is 44.4 Å². The lowest BCUT2D eigenvalue weighted by atomic mass is 10.1. The van der Waals surface area contributed by atoms with E-state index in [1.165, 1.54) is 7.11 Å². The number of hydrogen-bond acceptors (Lipinski definition) is 5. The maximum atomic E-state index is 12.2. The summed E-state index contributed by atoms with van der Waals surface area (Å²) in [5, 5.41) is 1.78. The van der Waals surface area contributed by atoms with Gasteiger partial charge < -0.3 is 10.1 Å². The van der Waals surface area contributed by atoms with Crippen molar-refractivity contribution in [3.8, 4) is 0 Å². The van der Waals surface area contributed by atoms with Gasteiger partial charge in [-0.05, 0) is 26.7 Å². The van der Waals surface area contributed by atoms with Crippen LogP contribution in [0.1, 0.15) is 33.1 Å². The molecule has 2 N–H and O–H groups in total. The van der Waals surface area contributed by atoms with E-state index in [1.54, 1.807) is 13.8 Å². The predicted octanol–water partition coefficient (Wildman–Crippen LogP) is -0.228. The van der Waals surface area contributed by atoms with Crippen molar-refractivity contribution >= 4 is 21.9 Å². The molecule has 1 fully saturated rings. The zero-order valence-corrected chi connectivity index (χ0v) is 12.8. The van der Waals surface area contributed by atoms with Crippen molar-refractivity contribution in [2.75, 3.05) is 13.7 Å². The number of sulfonamides is 1. The molecule has 1 aliphatic rings. The topological polar surface area (TPSA) is 102 Å². The Morgan fingerprint density at radius 2 is 1.95 bits per heavy atom. The Hall–Kier alpha value is -1.15. The molecule has 0 radical (unpaired) electrons. The van der Waals surface area contributed by atoms with E-state index in [4.69, 9.17) is 0 Å². The van der Waals surface area contributed by atoms with Crippen LogP contribution in [0.2, 0.25) is 0 Å². The van der Waals surface area contributed by atoms with Gasteiger partial charge in [0.1, 0.15) is 0 Å². The molecular weight excluding hydrogens is 284 g/mol. The van der Waals surface area contributed by atoms with Crippen LogP contribution in [-0.2, 0) is 24.3 Å². The Morgan fingerprint density at radius 1 is 1.30 bits per heavy atom. The van der Waals surface area contributed by atoms with E-state index in [-0.39, 0.29) is 12.6 Å². The van der Waals surface area contributed by atoms with Crippen molar-refractivity contribution in [1.82, 2.24) is 10.0 Å². The number of methoxy groups -OCH3 is 1. The maximum absolute atomic E-state index is 12.2. The number of amides is 1. The molecule has 20 heavy (non-hydrogen) atoms. The SMILES string of the molecule is COC(=O)C1CCCC1S(=O)(=O)NCC(=O)NC(C)C. The van der Waals surface area contributed by atoms with Gasteiger partial charge in [-0.1, -0.05) is 6.42 Å². The molecule has 0 bridgehead atoms. The Labute approximate surface area is 119 Å². The van der Waals surface area contributed by atoms with Crippen molar-refractivity contribution < 1.29 is 22.7 Å². The number of ether oxygens (including phenoxy) is 1. The summed E-state index contributed by atoms with van der Waals surface area (Å²) in [5.74, 6) is -1.55. The Balaban J connectivity index is 2.64. The van der Waals surface area contributed by atoms with Crippen LogP contribution < -0.4 is 10.0 Å². The minimum Gasteiger partial charge on any atom is -0.469 e. The molecule has 0 aromatic carbocycles. The van der Waals surface area contributed by atoms with Crippen molar-refractivity contribution in [3.63, 3.8) is 0 Å². The maximum Gasteiger partial charge on any atom is 0.310 e. The molecule has 1 amide bonds. The molecular formula is C12H22N2O5S. The molecule has 0 aromatic heterocycles. The minimum absolute atomic E-state index is 0.0543. The van der Waals surface area contributed by atoms with E-state index in [0.29, 0.717) is 19.3 Å². The van der Waals surface area contributed by atoms with E-state index in [1.807, 2.05) is 0 Å². The molecule has 2 atom stereocenters. The second-order valence-electron chi connectivity index (χ2n) is 5.19. The summed E-state index contributed by atoms with van der Waals surface area (Å²) in [7, 11) is -2.46. The van der Waals surface area contributed by atoms with Gasteiger partial charge in [0, 0.05) is 6.04 Å². The van der Waals surface area contributed by atoms with Crippen LogP contribution >= 0.6 is 0 Å². The Kier molecular flexibility index (Phi) is 5.94. The van der Waals surface area contributed by atoms with Crippen LogP contribution in [0.3, 0.4) is 0 Å². The van der Waals surface area contributed by atoms with E-state index in [9.17, 15) is 18.0 Å². The number of hydrogen-bond donors (Lipinski definition) is 2. The molecule has 0 aliphatic heterocycles. The highest BCUT2D eigenvalue weighted by Crippen LogP contribution is 2.31. The van der Waals surface area contributed by atoms with Gasteiger partial charge in [0.25, 0.3) is 0 Å². The third-order valence-corrected chi connectivity index (χ3v) is 5.15. The molecule has 7 nitrogen and oxygen atoms in total. The van der Waals surface area contributed by atoms with Crippen LogP contribution in [-0.4, -0.2) is 45.2 Å². The van der Waals surface area contributed by atoms with Crippen LogP contribution in [0, 0.1) is 5.92 Å². The third kappa shape index (κ3) is 4.45. The van der Waals surface area contributed by atoms with Gasteiger partial charge in [-0.3, -0.25) is 9.59 Å². The fourth-order valence-corrected chi connectivity index (χ4v) is 4.07. The zero-order valence-electron chi connectivity index (χ0n) is 12.0. The summed E-state index contributed by atoms with van der Waals surface area (Å²) in [5.41, 5.74) is 0. The largest absolute Gasteiger partial charge is 0.469 e. The first-order valence-electron chi connectivity index (χ1n) is 6.63.